The summed E-state index contributed by atoms with van der Waals surface area (Å²) in [5, 5.41) is 10.1. The number of benzene rings is 1. The molecule has 7 heteroatoms. The van der Waals surface area contributed by atoms with Crippen molar-refractivity contribution in [3.63, 3.8) is 0 Å². The SMILES string of the molecule is O=C(CCc1nc(-c2ccsc2)no1)N1CCc2sccc2[C@@H]1c1ccccc1. The van der Waals surface area contributed by atoms with Crippen LogP contribution in [0.2, 0.25) is 0 Å². The number of hydrogen-bond donors (Lipinski definition) is 0. The van der Waals surface area contributed by atoms with Crippen molar-refractivity contribution >= 4 is 28.6 Å². The molecule has 3 aromatic heterocycles. The molecule has 0 radical (unpaired) electrons. The van der Waals surface area contributed by atoms with Gasteiger partial charge in [-0.3, -0.25) is 4.79 Å². The van der Waals surface area contributed by atoms with Gasteiger partial charge < -0.3 is 9.42 Å². The van der Waals surface area contributed by atoms with Crippen molar-refractivity contribution in [2.45, 2.75) is 25.3 Å². The van der Waals surface area contributed by atoms with Crippen molar-refractivity contribution in [3.8, 4) is 11.4 Å². The van der Waals surface area contributed by atoms with E-state index >= 15 is 0 Å². The summed E-state index contributed by atoms with van der Waals surface area (Å²) >= 11 is 3.37. The quantitative estimate of drug-likeness (QED) is 0.457. The molecule has 1 aliphatic rings. The smallest absolute Gasteiger partial charge is 0.227 e. The molecule has 0 saturated heterocycles. The van der Waals surface area contributed by atoms with Crippen LogP contribution in [0.5, 0.6) is 0 Å². The lowest BCUT2D eigenvalue weighted by atomic mass is 9.93. The summed E-state index contributed by atoms with van der Waals surface area (Å²) in [6.45, 7) is 0.732. The van der Waals surface area contributed by atoms with E-state index in [4.69, 9.17) is 4.52 Å². The maximum Gasteiger partial charge on any atom is 0.227 e. The highest BCUT2D eigenvalue weighted by atomic mass is 32.1. The van der Waals surface area contributed by atoms with Crippen LogP contribution in [-0.4, -0.2) is 27.5 Å². The summed E-state index contributed by atoms with van der Waals surface area (Å²) in [5.74, 6) is 1.20. The predicted octanol–water partition coefficient (Wildman–Crippen LogP) is 4.97. The fourth-order valence-electron chi connectivity index (χ4n) is 3.80. The molecule has 4 heterocycles. The molecule has 29 heavy (non-hydrogen) atoms. The third-order valence-electron chi connectivity index (χ3n) is 5.20. The van der Waals surface area contributed by atoms with Gasteiger partial charge in [0.15, 0.2) is 0 Å². The lowest BCUT2D eigenvalue weighted by Crippen LogP contribution is -2.40. The van der Waals surface area contributed by atoms with Crippen molar-refractivity contribution in [1.29, 1.82) is 0 Å². The molecule has 0 aliphatic carbocycles. The first-order valence-corrected chi connectivity index (χ1v) is 11.4. The standard InChI is InChI=1S/C22H19N3O2S2/c26-20(7-6-19-23-22(24-27-19)16-9-12-28-14-16)25-11-8-18-17(10-13-29-18)21(25)15-4-2-1-3-5-15/h1-5,9-10,12-14,21H,6-8,11H2/t21-/m0/s1. The van der Waals surface area contributed by atoms with E-state index in [0.29, 0.717) is 24.6 Å². The maximum atomic E-state index is 13.2. The molecule has 1 atom stereocenters. The molecule has 0 N–H and O–H groups in total. The Kier molecular flexibility index (Phi) is 4.99. The zero-order valence-electron chi connectivity index (χ0n) is 15.7. The molecule has 1 aromatic carbocycles. The monoisotopic (exact) mass is 421 g/mol. The van der Waals surface area contributed by atoms with Gasteiger partial charge >= 0.3 is 0 Å². The van der Waals surface area contributed by atoms with Crippen LogP contribution in [-0.2, 0) is 17.6 Å². The van der Waals surface area contributed by atoms with Crippen LogP contribution < -0.4 is 0 Å². The fraction of sp³-hybridized carbons (Fsp3) is 0.227. The zero-order valence-corrected chi connectivity index (χ0v) is 17.3. The molecular weight excluding hydrogens is 402 g/mol. The van der Waals surface area contributed by atoms with Crippen molar-refractivity contribution in [1.82, 2.24) is 15.0 Å². The fourth-order valence-corrected chi connectivity index (χ4v) is 5.34. The summed E-state index contributed by atoms with van der Waals surface area (Å²) < 4.78 is 5.36. The zero-order chi connectivity index (χ0) is 19.6. The Morgan fingerprint density at radius 3 is 2.90 bits per heavy atom. The number of fused-ring (bicyclic) bond motifs is 1. The van der Waals surface area contributed by atoms with Gasteiger partial charge in [0.2, 0.25) is 17.6 Å². The Bertz CT molecular complexity index is 1100. The normalized spacial score (nSPS) is 16.0. The van der Waals surface area contributed by atoms with Gasteiger partial charge in [0, 0.05) is 35.2 Å². The summed E-state index contributed by atoms with van der Waals surface area (Å²) in [6.07, 6.45) is 1.71. The Hall–Kier alpha value is -2.77. The van der Waals surface area contributed by atoms with Crippen LogP contribution in [0, 0.1) is 0 Å². The molecule has 5 rings (SSSR count). The summed E-state index contributed by atoms with van der Waals surface area (Å²) in [7, 11) is 0. The van der Waals surface area contributed by atoms with Gasteiger partial charge in [0.25, 0.3) is 0 Å². The van der Waals surface area contributed by atoms with E-state index in [1.54, 1.807) is 22.7 Å². The number of amides is 1. The highest BCUT2D eigenvalue weighted by Gasteiger charge is 2.32. The van der Waals surface area contributed by atoms with Gasteiger partial charge in [0.05, 0.1) is 6.04 Å². The molecule has 146 valence electrons. The molecular formula is C22H19N3O2S2. The van der Waals surface area contributed by atoms with Crippen molar-refractivity contribution in [2.75, 3.05) is 6.54 Å². The molecule has 0 saturated carbocycles. The first-order chi connectivity index (χ1) is 14.3. The third-order valence-corrected chi connectivity index (χ3v) is 6.88. The van der Waals surface area contributed by atoms with E-state index in [1.165, 1.54) is 10.4 Å². The average molecular weight is 422 g/mol. The van der Waals surface area contributed by atoms with Crippen LogP contribution in [0.15, 0.2) is 63.1 Å². The topological polar surface area (TPSA) is 59.2 Å². The van der Waals surface area contributed by atoms with Crippen LogP contribution in [0.1, 0.15) is 34.4 Å². The van der Waals surface area contributed by atoms with Crippen LogP contribution in [0.3, 0.4) is 0 Å². The molecule has 1 amide bonds. The third kappa shape index (κ3) is 3.63. The van der Waals surface area contributed by atoms with E-state index in [1.807, 2.05) is 39.9 Å². The van der Waals surface area contributed by atoms with Crippen molar-refractivity contribution in [3.05, 3.63) is 80.5 Å². The molecule has 0 spiro atoms. The molecule has 1 aliphatic heterocycles. The second-order valence-corrected chi connectivity index (χ2v) is 8.75. The molecule has 4 aromatic rings. The first-order valence-electron chi connectivity index (χ1n) is 9.55. The minimum Gasteiger partial charge on any atom is -0.339 e. The maximum absolute atomic E-state index is 13.2. The van der Waals surface area contributed by atoms with Gasteiger partial charge in [-0.05, 0) is 40.4 Å². The highest BCUT2D eigenvalue weighted by molar-refractivity contribution is 7.10. The minimum atomic E-state index is -0.0252. The Labute approximate surface area is 176 Å². The first kappa shape index (κ1) is 18.3. The average Bonchev–Trinajstić information content (AvgIpc) is 3.52. The number of carbonyl (C=O) groups excluding carboxylic acids is 1. The number of nitrogens with zero attached hydrogens (tertiary/aromatic N) is 3. The van der Waals surface area contributed by atoms with Crippen LogP contribution >= 0.6 is 22.7 Å². The largest absolute Gasteiger partial charge is 0.339 e. The molecule has 0 bridgehead atoms. The highest BCUT2D eigenvalue weighted by Crippen LogP contribution is 2.38. The summed E-state index contributed by atoms with van der Waals surface area (Å²) in [5.41, 5.74) is 3.34. The van der Waals surface area contributed by atoms with E-state index in [0.717, 1.165) is 24.1 Å². The number of aryl methyl sites for hydroxylation is 1. The minimum absolute atomic E-state index is 0.0252. The predicted molar refractivity (Wildman–Crippen MR) is 114 cm³/mol. The Morgan fingerprint density at radius 1 is 1.17 bits per heavy atom. The van der Waals surface area contributed by atoms with E-state index in [-0.39, 0.29) is 11.9 Å². The Balaban J connectivity index is 1.33. The van der Waals surface area contributed by atoms with Gasteiger partial charge in [0.1, 0.15) is 0 Å². The number of hydrogen-bond acceptors (Lipinski definition) is 6. The lowest BCUT2D eigenvalue weighted by molar-refractivity contribution is -0.133. The lowest BCUT2D eigenvalue weighted by Gasteiger charge is -2.36. The summed E-state index contributed by atoms with van der Waals surface area (Å²) in [6, 6.07) is 14.4. The molecule has 0 unspecified atom stereocenters. The summed E-state index contributed by atoms with van der Waals surface area (Å²) in [4.78, 5) is 21.0. The van der Waals surface area contributed by atoms with Crippen molar-refractivity contribution in [2.24, 2.45) is 0 Å². The number of rotatable bonds is 5. The van der Waals surface area contributed by atoms with E-state index < -0.39 is 0 Å². The van der Waals surface area contributed by atoms with E-state index in [2.05, 4.69) is 33.7 Å². The second kappa shape index (κ2) is 7.93. The Morgan fingerprint density at radius 2 is 2.07 bits per heavy atom. The van der Waals surface area contributed by atoms with Crippen molar-refractivity contribution < 1.29 is 9.32 Å². The van der Waals surface area contributed by atoms with Gasteiger partial charge in [-0.15, -0.1) is 11.3 Å². The molecule has 5 nitrogen and oxygen atoms in total. The second-order valence-electron chi connectivity index (χ2n) is 6.97. The molecule has 0 fully saturated rings. The van der Waals surface area contributed by atoms with Gasteiger partial charge in [-0.2, -0.15) is 16.3 Å². The van der Waals surface area contributed by atoms with Gasteiger partial charge in [-0.25, -0.2) is 0 Å². The number of aromatic nitrogens is 2. The van der Waals surface area contributed by atoms with E-state index in [9.17, 15) is 4.79 Å². The number of carbonyl (C=O) groups is 1. The van der Waals surface area contributed by atoms with Crippen LogP contribution in [0.25, 0.3) is 11.4 Å². The van der Waals surface area contributed by atoms with Crippen LogP contribution in [0.4, 0.5) is 0 Å². The van der Waals surface area contributed by atoms with Gasteiger partial charge in [-0.1, -0.05) is 35.5 Å². The number of thiophene rings is 2.